The van der Waals surface area contributed by atoms with Crippen molar-refractivity contribution in [2.75, 3.05) is 19.8 Å². The van der Waals surface area contributed by atoms with E-state index in [0.29, 0.717) is 18.2 Å². The zero-order valence-corrected chi connectivity index (χ0v) is 12.7. The molecule has 1 N–H and O–H groups in total. The predicted octanol–water partition coefficient (Wildman–Crippen LogP) is 1.32. The summed E-state index contributed by atoms with van der Waals surface area (Å²) in [4.78, 5) is 15.7. The minimum Gasteiger partial charge on any atom is -0.449 e. The number of pyridine rings is 1. The zero-order chi connectivity index (χ0) is 15.9. The first kappa shape index (κ1) is 15.4. The first-order chi connectivity index (χ1) is 11.3. The highest BCUT2D eigenvalue weighted by atomic mass is 16.5. The lowest BCUT2D eigenvalue weighted by Crippen LogP contribution is -2.28. The number of ether oxygens (including phenoxy) is 2. The SMILES string of the molecule is O=C(NCc1cn(-c2ccncc2)nn1)OCC1CCOCC1. The van der Waals surface area contributed by atoms with Gasteiger partial charge in [0.25, 0.3) is 0 Å². The summed E-state index contributed by atoms with van der Waals surface area (Å²) in [5.41, 5.74) is 1.52. The van der Waals surface area contributed by atoms with Crippen molar-refractivity contribution in [3.05, 3.63) is 36.4 Å². The van der Waals surface area contributed by atoms with Crippen molar-refractivity contribution >= 4 is 6.09 Å². The molecule has 1 aliphatic rings. The molecule has 0 radical (unpaired) electrons. The number of amides is 1. The van der Waals surface area contributed by atoms with Gasteiger partial charge in [-0.1, -0.05) is 5.21 Å². The van der Waals surface area contributed by atoms with Crippen molar-refractivity contribution < 1.29 is 14.3 Å². The van der Waals surface area contributed by atoms with E-state index < -0.39 is 6.09 Å². The van der Waals surface area contributed by atoms with E-state index in [1.165, 1.54) is 0 Å². The second-order valence-electron chi connectivity index (χ2n) is 5.37. The molecule has 8 nitrogen and oxygen atoms in total. The molecule has 0 saturated carbocycles. The lowest BCUT2D eigenvalue weighted by Gasteiger charge is -2.21. The van der Waals surface area contributed by atoms with Crippen LogP contribution in [-0.2, 0) is 16.0 Å². The smallest absolute Gasteiger partial charge is 0.407 e. The highest BCUT2D eigenvalue weighted by Gasteiger charge is 2.16. The van der Waals surface area contributed by atoms with Crippen molar-refractivity contribution in [3.63, 3.8) is 0 Å². The molecule has 1 amide bonds. The molecular formula is C15H19N5O3. The summed E-state index contributed by atoms with van der Waals surface area (Å²) >= 11 is 0. The van der Waals surface area contributed by atoms with Crippen LogP contribution in [0.3, 0.4) is 0 Å². The minimum atomic E-state index is -0.435. The molecule has 0 atom stereocenters. The van der Waals surface area contributed by atoms with Crippen LogP contribution in [0.2, 0.25) is 0 Å². The number of alkyl carbamates (subject to hydrolysis) is 1. The Kier molecular flexibility index (Phi) is 5.15. The Balaban J connectivity index is 1.43. The third-order valence-corrected chi connectivity index (χ3v) is 3.67. The van der Waals surface area contributed by atoms with Gasteiger partial charge in [0.15, 0.2) is 0 Å². The average Bonchev–Trinajstić information content (AvgIpc) is 3.09. The van der Waals surface area contributed by atoms with E-state index in [9.17, 15) is 4.79 Å². The van der Waals surface area contributed by atoms with Crippen LogP contribution >= 0.6 is 0 Å². The van der Waals surface area contributed by atoms with Gasteiger partial charge in [-0.2, -0.15) is 0 Å². The van der Waals surface area contributed by atoms with Gasteiger partial charge in [-0.3, -0.25) is 4.98 Å². The standard InChI is InChI=1S/C15H19N5O3/c21-15(23-11-12-3-7-22-8-4-12)17-9-13-10-20(19-18-13)14-1-5-16-6-2-14/h1-2,5-6,10,12H,3-4,7-9,11H2,(H,17,21). The molecule has 2 aromatic heterocycles. The second-order valence-corrected chi connectivity index (χ2v) is 5.37. The van der Waals surface area contributed by atoms with Crippen LogP contribution in [0.1, 0.15) is 18.5 Å². The molecule has 2 aromatic rings. The molecule has 3 heterocycles. The third kappa shape index (κ3) is 4.49. The fraction of sp³-hybridized carbons (Fsp3) is 0.467. The molecule has 0 aliphatic carbocycles. The first-order valence-corrected chi connectivity index (χ1v) is 7.61. The summed E-state index contributed by atoms with van der Waals surface area (Å²) < 4.78 is 12.1. The summed E-state index contributed by atoms with van der Waals surface area (Å²) in [6, 6.07) is 3.65. The van der Waals surface area contributed by atoms with Gasteiger partial charge in [0.2, 0.25) is 0 Å². The fourth-order valence-electron chi connectivity index (χ4n) is 2.32. The van der Waals surface area contributed by atoms with Crippen LogP contribution in [0.25, 0.3) is 5.69 Å². The molecule has 0 aromatic carbocycles. The van der Waals surface area contributed by atoms with Gasteiger partial charge in [0, 0.05) is 25.6 Å². The molecule has 0 unspecified atom stereocenters. The van der Waals surface area contributed by atoms with Gasteiger partial charge in [0.05, 0.1) is 25.0 Å². The summed E-state index contributed by atoms with van der Waals surface area (Å²) in [5, 5.41) is 10.7. The van der Waals surface area contributed by atoms with Crippen LogP contribution in [-0.4, -0.2) is 45.9 Å². The van der Waals surface area contributed by atoms with Crippen molar-refractivity contribution in [1.29, 1.82) is 0 Å². The van der Waals surface area contributed by atoms with Gasteiger partial charge >= 0.3 is 6.09 Å². The summed E-state index contributed by atoms with van der Waals surface area (Å²) in [5.74, 6) is 0.391. The van der Waals surface area contributed by atoms with Crippen LogP contribution in [0.15, 0.2) is 30.7 Å². The molecule has 1 saturated heterocycles. The number of hydrogen-bond donors (Lipinski definition) is 1. The first-order valence-electron chi connectivity index (χ1n) is 7.61. The normalized spacial score (nSPS) is 15.3. The van der Waals surface area contributed by atoms with Gasteiger partial charge < -0.3 is 14.8 Å². The second kappa shape index (κ2) is 7.68. The van der Waals surface area contributed by atoms with E-state index in [4.69, 9.17) is 9.47 Å². The van der Waals surface area contributed by atoms with E-state index in [1.54, 1.807) is 23.3 Å². The van der Waals surface area contributed by atoms with Crippen LogP contribution < -0.4 is 5.32 Å². The maximum absolute atomic E-state index is 11.7. The highest BCUT2D eigenvalue weighted by molar-refractivity contribution is 5.67. The molecule has 1 aliphatic heterocycles. The lowest BCUT2D eigenvalue weighted by atomic mass is 10.0. The third-order valence-electron chi connectivity index (χ3n) is 3.67. The topological polar surface area (TPSA) is 91.2 Å². The number of hydrogen-bond acceptors (Lipinski definition) is 6. The quantitative estimate of drug-likeness (QED) is 0.894. The molecule has 3 rings (SSSR count). The maximum Gasteiger partial charge on any atom is 0.407 e. The number of nitrogens with zero attached hydrogens (tertiary/aromatic N) is 4. The number of carbonyl (C=O) groups excluding carboxylic acids is 1. The Morgan fingerprint density at radius 3 is 2.91 bits per heavy atom. The molecule has 8 heteroatoms. The van der Waals surface area contributed by atoms with E-state index in [-0.39, 0.29) is 6.54 Å². The van der Waals surface area contributed by atoms with Crippen molar-refractivity contribution in [1.82, 2.24) is 25.3 Å². The van der Waals surface area contributed by atoms with Crippen molar-refractivity contribution in [3.8, 4) is 5.69 Å². The lowest BCUT2D eigenvalue weighted by molar-refractivity contribution is 0.0379. The molecule has 0 bridgehead atoms. The highest BCUT2D eigenvalue weighted by Crippen LogP contribution is 2.14. The molecule has 23 heavy (non-hydrogen) atoms. The van der Waals surface area contributed by atoms with E-state index in [1.807, 2.05) is 12.1 Å². The summed E-state index contributed by atoms with van der Waals surface area (Å²) in [6.07, 6.45) is 6.57. The largest absolute Gasteiger partial charge is 0.449 e. The molecule has 1 fully saturated rings. The number of carbonyl (C=O) groups is 1. The molecule has 0 spiro atoms. The number of aromatic nitrogens is 4. The molecular weight excluding hydrogens is 298 g/mol. The monoisotopic (exact) mass is 317 g/mol. The Bertz CT molecular complexity index is 625. The van der Waals surface area contributed by atoms with Crippen LogP contribution in [0, 0.1) is 5.92 Å². The number of rotatable bonds is 5. The van der Waals surface area contributed by atoms with Crippen molar-refractivity contribution in [2.24, 2.45) is 5.92 Å². The Morgan fingerprint density at radius 1 is 1.35 bits per heavy atom. The van der Waals surface area contributed by atoms with E-state index in [0.717, 1.165) is 31.7 Å². The van der Waals surface area contributed by atoms with Crippen molar-refractivity contribution in [2.45, 2.75) is 19.4 Å². The zero-order valence-electron chi connectivity index (χ0n) is 12.7. The average molecular weight is 317 g/mol. The van der Waals surface area contributed by atoms with Gasteiger partial charge in [-0.05, 0) is 30.9 Å². The Labute approximate surface area is 133 Å². The molecule has 122 valence electrons. The minimum absolute atomic E-state index is 0.275. The van der Waals surface area contributed by atoms with E-state index >= 15 is 0 Å². The van der Waals surface area contributed by atoms with Gasteiger partial charge in [-0.15, -0.1) is 5.10 Å². The van der Waals surface area contributed by atoms with Gasteiger partial charge in [0.1, 0.15) is 5.69 Å². The Morgan fingerprint density at radius 2 is 2.13 bits per heavy atom. The summed E-state index contributed by atoms with van der Waals surface area (Å²) in [7, 11) is 0. The van der Waals surface area contributed by atoms with E-state index in [2.05, 4.69) is 20.6 Å². The van der Waals surface area contributed by atoms with Crippen LogP contribution in [0.4, 0.5) is 4.79 Å². The summed E-state index contributed by atoms with van der Waals surface area (Å²) in [6.45, 7) is 2.19. The fourth-order valence-corrected chi connectivity index (χ4v) is 2.32. The van der Waals surface area contributed by atoms with Gasteiger partial charge in [-0.25, -0.2) is 9.48 Å². The number of nitrogens with one attached hydrogen (secondary N) is 1. The predicted molar refractivity (Wildman–Crippen MR) is 80.9 cm³/mol. The van der Waals surface area contributed by atoms with Crippen LogP contribution in [0.5, 0.6) is 0 Å². The Hall–Kier alpha value is -2.48. The maximum atomic E-state index is 11.7.